The summed E-state index contributed by atoms with van der Waals surface area (Å²) in [5.41, 5.74) is 4.74. The summed E-state index contributed by atoms with van der Waals surface area (Å²) in [4.78, 5) is 2.60. The highest BCUT2D eigenvalue weighted by Gasteiger charge is 2.16. The van der Waals surface area contributed by atoms with Crippen molar-refractivity contribution in [1.82, 2.24) is 0 Å². The molecule has 0 saturated heterocycles. The first-order valence-electron chi connectivity index (χ1n) is 16.4. The number of hydrogen-bond donors (Lipinski definition) is 2. The Morgan fingerprint density at radius 3 is 1.03 bits per heavy atom. The Hall–Kier alpha value is -1.61. The standard InChI is InChI=1S/C36H58O2S/c1-5-9-13-17-21-29-27-35(31(25-33(29)37)23-19-15-11-7-3)39-36-28-30(22-18-14-10-6-2)34(38)26-32(36)24-20-16-12-8-4/h25-28,37-38H,5-24H2,1-4H3. The molecule has 2 nitrogen and oxygen atoms in total. The summed E-state index contributed by atoms with van der Waals surface area (Å²) in [6.45, 7) is 9.00. The number of aromatic hydroxyl groups is 2. The van der Waals surface area contributed by atoms with E-state index in [9.17, 15) is 10.2 Å². The molecule has 0 amide bonds. The topological polar surface area (TPSA) is 40.5 Å². The fraction of sp³-hybridized carbons (Fsp3) is 0.667. The van der Waals surface area contributed by atoms with Gasteiger partial charge in [0.05, 0.1) is 0 Å². The third-order valence-electron chi connectivity index (χ3n) is 7.94. The molecule has 0 unspecified atom stereocenters. The Balaban J connectivity index is 2.37. The highest BCUT2D eigenvalue weighted by molar-refractivity contribution is 7.99. The maximum Gasteiger partial charge on any atom is 0.119 e. The maximum absolute atomic E-state index is 10.9. The SMILES string of the molecule is CCCCCCc1cc(Sc2cc(CCCCCC)c(O)cc2CCCCCC)c(CCCCCC)cc1O. The van der Waals surface area contributed by atoms with Gasteiger partial charge in [0.2, 0.25) is 0 Å². The first-order chi connectivity index (χ1) is 19.0. The monoisotopic (exact) mass is 554 g/mol. The van der Waals surface area contributed by atoms with Gasteiger partial charge in [0, 0.05) is 9.79 Å². The second-order valence-electron chi connectivity index (χ2n) is 11.5. The van der Waals surface area contributed by atoms with Gasteiger partial charge in [0.15, 0.2) is 0 Å². The first-order valence-corrected chi connectivity index (χ1v) is 17.2. The lowest BCUT2D eigenvalue weighted by atomic mass is 10.00. The van der Waals surface area contributed by atoms with Crippen molar-refractivity contribution in [2.75, 3.05) is 0 Å². The molecule has 0 aliphatic carbocycles. The predicted molar refractivity (Wildman–Crippen MR) is 172 cm³/mol. The normalized spacial score (nSPS) is 11.4. The minimum Gasteiger partial charge on any atom is -0.508 e. The van der Waals surface area contributed by atoms with Gasteiger partial charge in [-0.15, -0.1) is 0 Å². The van der Waals surface area contributed by atoms with Crippen LogP contribution in [0.4, 0.5) is 0 Å². The van der Waals surface area contributed by atoms with E-state index in [1.54, 1.807) is 0 Å². The minimum atomic E-state index is 0.475. The Labute approximate surface area is 245 Å². The quantitative estimate of drug-likeness (QED) is 0.142. The van der Waals surface area contributed by atoms with E-state index in [2.05, 4.69) is 52.0 Å². The number of aryl methyl sites for hydroxylation is 4. The number of phenols is 2. The molecule has 0 aliphatic heterocycles. The summed E-state index contributed by atoms with van der Waals surface area (Å²) >= 11 is 1.88. The summed E-state index contributed by atoms with van der Waals surface area (Å²) < 4.78 is 0. The molecule has 2 N–H and O–H groups in total. The van der Waals surface area contributed by atoms with Gasteiger partial charge < -0.3 is 10.2 Å². The van der Waals surface area contributed by atoms with Crippen molar-refractivity contribution in [3.05, 3.63) is 46.5 Å². The van der Waals surface area contributed by atoms with Crippen LogP contribution in [0.3, 0.4) is 0 Å². The Morgan fingerprint density at radius 2 is 0.718 bits per heavy atom. The van der Waals surface area contributed by atoms with Crippen molar-refractivity contribution in [2.24, 2.45) is 0 Å². The van der Waals surface area contributed by atoms with E-state index in [1.807, 2.05) is 11.8 Å². The molecule has 0 aliphatic rings. The lowest BCUT2D eigenvalue weighted by Gasteiger charge is -2.17. The molecule has 0 atom stereocenters. The Morgan fingerprint density at radius 1 is 0.410 bits per heavy atom. The molecule has 0 bridgehead atoms. The minimum absolute atomic E-state index is 0.475. The van der Waals surface area contributed by atoms with Gasteiger partial charge in [-0.3, -0.25) is 0 Å². The van der Waals surface area contributed by atoms with Crippen molar-refractivity contribution in [1.29, 1.82) is 0 Å². The lowest BCUT2D eigenvalue weighted by Crippen LogP contribution is -1.98. The number of hydrogen-bond acceptors (Lipinski definition) is 3. The van der Waals surface area contributed by atoms with Crippen LogP contribution in [-0.4, -0.2) is 10.2 Å². The third kappa shape index (κ3) is 12.6. The molecule has 0 saturated carbocycles. The molecule has 2 rings (SSSR count). The summed E-state index contributed by atoms with van der Waals surface area (Å²) in [6, 6.07) is 8.71. The van der Waals surface area contributed by atoms with Crippen LogP contribution in [0.5, 0.6) is 11.5 Å². The summed E-state index contributed by atoms with van der Waals surface area (Å²) in [7, 11) is 0. The maximum atomic E-state index is 10.9. The third-order valence-corrected chi connectivity index (χ3v) is 9.14. The summed E-state index contributed by atoms with van der Waals surface area (Å²) in [6.07, 6.45) is 23.4. The van der Waals surface area contributed by atoms with Gasteiger partial charge in [-0.05, 0) is 97.9 Å². The zero-order valence-corrected chi connectivity index (χ0v) is 26.6. The fourth-order valence-electron chi connectivity index (χ4n) is 5.38. The second kappa shape index (κ2) is 20.3. The van der Waals surface area contributed by atoms with Crippen LogP contribution in [0.1, 0.15) is 153 Å². The molecular weight excluding hydrogens is 496 g/mol. The van der Waals surface area contributed by atoms with Crippen LogP contribution < -0.4 is 0 Å². The summed E-state index contributed by atoms with van der Waals surface area (Å²) in [5, 5.41) is 21.9. The van der Waals surface area contributed by atoms with Crippen molar-refractivity contribution in [2.45, 2.75) is 166 Å². The first kappa shape index (κ1) is 33.6. The molecular formula is C36H58O2S. The molecule has 3 heteroatoms. The molecule has 0 spiro atoms. The average Bonchev–Trinajstić information content (AvgIpc) is 2.93. The molecule has 39 heavy (non-hydrogen) atoms. The molecule has 2 aromatic carbocycles. The van der Waals surface area contributed by atoms with E-state index < -0.39 is 0 Å². The van der Waals surface area contributed by atoms with Gasteiger partial charge in [-0.1, -0.05) is 117 Å². The van der Waals surface area contributed by atoms with Gasteiger partial charge in [-0.25, -0.2) is 0 Å². The van der Waals surface area contributed by atoms with Gasteiger partial charge >= 0.3 is 0 Å². The van der Waals surface area contributed by atoms with Crippen LogP contribution in [0, 0.1) is 0 Å². The van der Waals surface area contributed by atoms with E-state index >= 15 is 0 Å². The van der Waals surface area contributed by atoms with Crippen molar-refractivity contribution in [3.8, 4) is 11.5 Å². The van der Waals surface area contributed by atoms with Crippen LogP contribution >= 0.6 is 11.8 Å². The largest absolute Gasteiger partial charge is 0.508 e. The molecule has 0 aromatic heterocycles. The summed E-state index contributed by atoms with van der Waals surface area (Å²) in [5.74, 6) is 0.951. The van der Waals surface area contributed by atoms with Gasteiger partial charge in [0.25, 0.3) is 0 Å². The van der Waals surface area contributed by atoms with E-state index in [-0.39, 0.29) is 0 Å². The highest BCUT2D eigenvalue weighted by Crippen LogP contribution is 2.40. The number of rotatable bonds is 22. The number of benzene rings is 2. The molecule has 220 valence electrons. The highest BCUT2D eigenvalue weighted by atomic mass is 32.2. The molecule has 0 heterocycles. The van der Waals surface area contributed by atoms with E-state index in [4.69, 9.17) is 0 Å². The Bertz CT molecular complexity index is 861. The van der Waals surface area contributed by atoms with E-state index in [0.29, 0.717) is 11.5 Å². The predicted octanol–water partition coefficient (Wildman–Crippen LogP) is 11.7. The van der Waals surface area contributed by atoms with E-state index in [1.165, 1.54) is 111 Å². The lowest BCUT2D eigenvalue weighted by molar-refractivity contribution is 0.464. The van der Waals surface area contributed by atoms with Crippen molar-refractivity contribution < 1.29 is 10.2 Å². The smallest absolute Gasteiger partial charge is 0.119 e. The van der Waals surface area contributed by atoms with Gasteiger partial charge in [0.1, 0.15) is 11.5 Å². The Kier molecular flexibility index (Phi) is 17.5. The zero-order valence-electron chi connectivity index (χ0n) is 25.8. The fourth-order valence-corrected chi connectivity index (χ4v) is 6.60. The van der Waals surface area contributed by atoms with Gasteiger partial charge in [-0.2, -0.15) is 0 Å². The van der Waals surface area contributed by atoms with Crippen molar-refractivity contribution >= 4 is 11.8 Å². The molecule has 2 aromatic rings. The molecule has 0 fully saturated rings. The average molecular weight is 555 g/mol. The molecule has 0 radical (unpaired) electrons. The van der Waals surface area contributed by atoms with Crippen LogP contribution in [-0.2, 0) is 25.7 Å². The van der Waals surface area contributed by atoms with E-state index in [0.717, 1.165) is 49.7 Å². The number of phenolic OH excluding ortho intramolecular Hbond substituents is 2. The van der Waals surface area contributed by atoms with Crippen LogP contribution in [0.25, 0.3) is 0 Å². The number of unbranched alkanes of at least 4 members (excludes halogenated alkanes) is 12. The second-order valence-corrected chi connectivity index (χ2v) is 12.6. The zero-order chi connectivity index (χ0) is 28.3. The van der Waals surface area contributed by atoms with Crippen molar-refractivity contribution in [3.63, 3.8) is 0 Å². The van der Waals surface area contributed by atoms with Crippen LogP contribution in [0.15, 0.2) is 34.1 Å². The van der Waals surface area contributed by atoms with Crippen LogP contribution in [0.2, 0.25) is 0 Å².